The van der Waals surface area contributed by atoms with Gasteiger partial charge in [0.15, 0.2) is 0 Å². The Hall–Kier alpha value is -1.42. The number of aromatic nitrogens is 1. The fourth-order valence-electron chi connectivity index (χ4n) is 1.37. The molecule has 0 saturated heterocycles. The van der Waals surface area contributed by atoms with Gasteiger partial charge in [0.1, 0.15) is 0 Å². The van der Waals surface area contributed by atoms with Crippen LogP contribution in [0.2, 0.25) is 0 Å². The van der Waals surface area contributed by atoms with Gasteiger partial charge in [0.2, 0.25) is 5.91 Å². The standard InChI is InChI=1S/C13H21N3O/c1-11(2)15(3)10-13(17)16(4)9-12-6-5-7-14-8-12/h5-8,11H,9-10H2,1-4H3. The highest BCUT2D eigenvalue weighted by atomic mass is 16.2. The molecule has 94 valence electrons. The van der Waals surface area contributed by atoms with Crippen LogP contribution in [0.1, 0.15) is 19.4 Å². The van der Waals surface area contributed by atoms with Crippen molar-refractivity contribution in [1.29, 1.82) is 0 Å². The largest absolute Gasteiger partial charge is 0.340 e. The molecule has 0 aliphatic heterocycles. The molecular formula is C13H21N3O. The summed E-state index contributed by atoms with van der Waals surface area (Å²) in [6, 6.07) is 4.24. The van der Waals surface area contributed by atoms with Crippen molar-refractivity contribution in [2.45, 2.75) is 26.4 Å². The molecule has 0 aromatic carbocycles. The highest BCUT2D eigenvalue weighted by Gasteiger charge is 2.13. The summed E-state index contributed by atoms with van der Waals surface area (Å²) < 4.78 is 0. The number of carbonyl (C=O) groups excluding carboxylic acids is 1. The molecule has 1 aromatic rings. The Morgan fingerprint density at radius 3 is 2.65 bits per heavy atom. The van der Waals surface area contributed by atoms with Gasteiger partial charge in [0.05, 0.1) is 6.54 Å². The summed E-state index contributed by atoms with van der Waals surface area (Å²) in [4.78, 5) is 19.7. The van der Waals surface area contributed by atoms with Crippen molar-refractivity contribution in [3.05, 3.63) is 30.1 Å². The maximum Gasteiger partial charge on any atom is 0.236 e. The van der Waals surface area contributed by atoms with E-state index in [-0.39, 0.29) is 5.91 Å². The van der Waals surface area contributed by atoms with Crippen molar-refractivity contribution in [3.63, 3.8) is 0 Å². The van der Waals surface area contributed by atoms with E-state index < -0.39 is 0 Å². The Kier molecular flexibility index (Phi) is 5.10. The van der Waals surface area contributed by atoms with Crippen LogP contribution in [0.15, 0.2) is 24.5 Å². The molecule has 0 spiro atoms. The number of hydrogen-bond acceptors (Lipinski definition) is 3. The van der Waals surface area contributed by atoms with Crippen molar-refractivity contribution in [2.75, 3.05) is 20.6 Å². The van der Waals surface area contributed by atoms with Crippen LogP contribution in [0.4, 0.5) is 0 Å². The van der Waals surface area contributed by atoms with E-state index in [1.807, 2.05) is 31.1 Å². The van der Waals surface area contributed by atoms with Crippen LogP contribution in [0.25, 0.3) is 0 Å². The molecule has 1 rings (SSSR count). The average Bonchev–Trinajstić information content (AvgIpc) is 2.29. The maximum atomic E-state index is 11.9. The van der Waals surface area contributed by atoms with E-state index in [9.17, 15) is 4.79 Å². The van der Waals surface area contributed by atoms with E-state index >= 15 is 0 Å². The molecule has 0 aliphatic rings. The van der Waals surface area contributed by atoms with Crippen LogP contribution in [-0.2, 0) is 11.3 Å². The quantitative estimate of drug-likeness (QED) is 0.773. The first kappa shape index (κ1) is 13.6. The van der Waals surface area contributed by atoms with Crippen LogP contribution in [-0.4, -0.2) is 47.4 Å². The SMILES string of the molecule is CC(C)N(C)CC(=O)N(C)Cc1cccnc1. The summed E-state index contributed by atoms with van der Waals surface area (Å²) in [6.45, 7) is 5.22. The first-order valence-electron chi connectivity index (χ1n) is 5.84. The van der Waals surface area contributed by atoms with Gasteiger partial charge in [0.25, 0.3) is 0 Å². The van der Waals surface area contributed by atoms with Gasteiger partial charge in [-0.2, -0.15) is 0 Å². The summed E-state index contributed by atoms with van der Waals surface area (Å²) in [5.41, 5.74) is 1.05. The van der Waals surface area contributed by atoms with Crippen molar-refractivity contribution < 1.29 is 4.79 Å². The minimum absolute atomic E-state index is 0.130. The average molecular weight is 235 g/mol. The number of amides is 1. The van der Waals surface area contributed by atoms with Gasteiger partial charge in [-0.15, -0.1) is 0 Å². The molecule has 0 unspecified atom stereocenters. The molecule has 0 radical (unpaired) electrons. The van der Waals surface area contributed by atoms with Gasteiger partial charge in [-0.05, 0) is 32.5 Å². The Morgan fingerprint density at radius 2 is 2.12 bits per heavy atom. The minimum Gasteiger partial charge on any atom is -0.340 e. The summed E-state index contributed by atoms with van der Waals surface area (Å²) in [7, 11) is 3.78. The fraction of sp³-hybridized carbons (Fsp3) is 0.538. The van der Waals surface area contributed by atoms with Crippen LogP contribution in [0.5, 0.6) is 0 Å². The Labute approximate surface area is 103 Å². The number of hydrogen-bond donors (Lipinski definition) is 0. The van der Waals surface area contributed by atoms with Crippen LogP contribution in [0.3, 0.4) is 0 Å². The molecule has 0 atom stereocenters. The van der Waals surface area contributed by atoms with Gasteiger partial charge in [-0.25, -0.2) is 0 Å². The lowest BCUT2D eigenvalue weighted by Crippen LogP contribution is -2.39. The molecule has 0 bridgehead atoms. The van der Waals surface area contributed by atoms with E-state index in [0.29, 0.717) is 19.1 Å². The first-order chi connectivity index (χ1) is 8.00. The Balaban J connectivity index is 2.48. The zero-order valence-electron chi connectivity index (χ0n) is 11.1. The lowest BCUT2D eigenvalue weighted by atomic mass is 10.2. The molecule has 4 heteroatoms. The third kappa shape index (κ3) is 4.53. The van der Waals surface area contributed by atoms with Crippen molar-refractivity contribution in [2.24, 2.45) is 0 Å². The molecule has 0 saturated carbocycles. The number of pyridine rings is 1. The molecule has 1 amide bonds. The second-order valence-corrected chi connectivity index (χ2v) is 4.62. The lowest BCUT2D eigenvalue weighted by Gasteiger charge is -2.24. The van der Waals surface area contributed by atoms with E-state index in [4.69, 9.17) is 0 Å². The molecule has 17 heavy (non-hydrogen) atoms. The monoisotopic (exact) mass is 235 g/mol. The van der Waals surface area contributed by atoms with Crippen molar-refractivity contribution in [1.82, 2.24) is 14.8 Å². The molecule has 1 heterocycles. The minimum atomic E-state index is 0.130. The van der Waals surface area contributed by atoms with Crippen LogP contribution in [0, 0.1) is 0 Å². The van der Waals surface area contributed by atoms with Gasteiger partial charge in [-0.3, -0.25) is 14.7 Å². The van der Waals surface area contributed by atoms with Gasteiger partial charge in [0, 0.05) is 32.0 Å². The van der Waals surface area contributed by atoms with E-state index in [2.05, 4.69) is 18.8 Å². The van der Waals surface area contributed by atoms with Crippen molar-refractivity contribution in [3.8, 4) is 0 Å². The summed E-state index contributed by atoms with van der Waals surface area (Å²) in [6.07, 6.45) is 3.52. The number of rotatable bonds is 5. The molecule has 1 aromatic heterocycles. The van der Waals surface area contributed by atoms with Gasteiger partial charge < -0.3 is 4.90 Å². The lowest BCUT2D eigenvalue weighted by molar-refractivity contribution is -0.131. The summed E-state index contributed by atoms with van der Waals surface area (Å²) in [5.74, 6) is 0.130. The van der Waals surface area contributed by atoms with Crippen LogP contribution < -0.4 is 0 Å². The topological polar surface area (TPSA) is 36.4 Å². The second-order valence-electron chi connectivity index (χ2n) is 4.62. The maximum absolute atomic E-state index is 11.9. The predicted molar refractivity (Wildman–Crippen MR) is 68.5 cm³/mol. The fourth-order valence-corrected chi connectivity index (χ4v) is 1.37. The van der Waals surface area contributed by atoms with Gasteiger partial charge in [-0.1, -0.05) is 6.07 Å². The number of nitrogens with zero attached hydrogens (tertiary/aromatic N) is 3. The van der Waals surface area contributed by atoms with Crippen molar-refractivity contribution >= 4 is 5.91 Å². The van der Waals surface area contributed by atoms with Crippen LogP contribution >= 0.6 is 0 Å². The molecule has 4 nitrogen and oxygen atoms in total. The second kappa shape index (κ2) is 6.35. The molecular weight excluding hydrogens is 214 g/mol. The van der Waals surface area contributed by atoms with E-state index in [0.717, 1.165) is 5.56 Å². The zero-order valence-corrected chi connectivity index (χ0v) is 11.1. The number of carbonyl (C=O) groups is 1. The molecule has 0 fully saturated rings. The predicted octanol–water partition coefficient (Wildman–Crippen LogP) is 1.38. The highest BCUT2D eigenvalue weighted by molar-refractivity contribution is 5.77. The number of likely N-dealkylation sites (N-methyl/N-ethyl adjacent to an activating group) is 2. The third-order valence-corrected chi connectivity index (χ3v) is 2.83. The Bertz CT molecular complexity index is 351. The smallest absolute Gasteiger partial charge is 0.236 e. The first-order valence-corrected chi connectivity index (χ1v) is 5.84. The summed E-state index contributed by atoms with van der Waals surface area (Å²) in [5, 5.41) is 0. The Morgan fingerprint density at radius 1 is 1.41 bits per heavy atom. The normalized spacial score (nSPS) is 10.9. The van der Waals surface area contributed by atoms with E-state index in [1.165, 1.54) is 0 Å². The third-order valence-electron chi connectivity index (χ3n) is 2.83. The van der Waals surface area contributed by atoms with E-state index in [1.54, 1.807) is 17.3 Å². The molecule has 0 aliphatic carbocycles. The molecule has 0 N–H and O–H groups in total. The summed E-state index contributed by atoms with van der Waals surface area (Å²) >= 11 is 0. The van der Waals surface area contributed by atoms with Gasteiger partial charge >= 0.3 is 0 Å². The highest BCUT2D eigenvalue weighted by Crippen LogP contribution is 2.02. The zero-order chi connectivity index (χ0) is 12.8.